The van der Waals surface area contributed by atoms with E-state index < -0.39 is 0 Å². The van der Waals surface area contributed by atoms with Gasteiger partial charge in [0.25, 0.3) is 0 Å². The van der Waals surface area contributed by atoms with Gasteiger partial charge in [-0.05, 0) is 25.6 Å². The van der Waals surface area contributed by atoms with Gasteiger partial charge in [0.2, 0.25) is 0 Å². The molecule has 0 radical (unpaired) electrons. The Morgan fingerprint density at radius 1 is 1.24 bits per heavy atom. The first-order chi connectivity index (χ1) is 8.28. The van der Waals surface area contributed by atoms with Crippen LogP contribution in [0.5, 0.6) is 0 Å². The lowest BCUT2D eigenvalue weighted by molar-refractivity contribution is 0.955. The Bertz CT molecular complexity index is 488. The van der Waals surface area contributed by atoms with E-state index in [1.165, 1.54) is 11.8 Å². The molecule has 2 rings (SSSR count). The minimum Gasteiger partial charge on any atom is -0.370 e. The summed E-state index contributed by atoms with van der Waals surface area (Å²) in [6, 6.07) is 1.91. The highest BCUT2D eigenvalue weighted by Crippen LogP contribution is 2.24. The Hall–Kier alpha value is -1.69. The van der Waals surface area contributed by atoms with Crippen LogP contribution >= 0.6 is 11.8 Å². The number of aromatic nitrogens is 4. The average molecular weight is 247 g/mol. The fraction of sp³-hybridized carbons (Fsp3) is 0.273. The SMILES string of the molecule is CCNc1cc(Sc2cnccn2)nc(C)n1. The van der Waals surface area contributed by atoms with Crippen LogP contribution in [-0.4, -0.2) is 26.5 Å². The summed E-state index contributed by atoms with van der Waals surface area (Å²) in [7, 11) is 0. The van der Waals surface area contributed by atoms with Crippen LogP contribution in [0.3, 0.4) is 0 Å². The molecule has 6 heteroatoms. The zero-order valence-electron chi connectivity index (χ0n) is 9.71. The Morgan fingerprint density at radius 3 is 2.82 bits per heavy atom. The van der Waals surface area contributed by atoms with Gasteiger partial charge in [0.05, 0.1) is 6.20 Å². The predicted molar refractivity (Wildman–Crippen MR) is 67.1 cm³/mol. The third-order valence-electron chi connectivity index (χ3n) is 1.92. The molecule has 0 saturated heterocycles. The van der Waals surface area contributed by atoms with Crippen molar-refractivity contribution in [2.45, 2.75) is 23.9 Å². The first-order valence-electron chi connectivity index (χ1n) is 5.31. The summed E-state index contributed by atoms with van der Waals surface area (Å²) in [6.45, 7) is 4.75. The number of rotatable bonds is 4. The van der Waals surface area contributed by atoms with Crippen LogP contribution in [0.25, 0.3) is 0 Å². The van der Waals surface area contributed by atoms with Crippen LogP contribution in [0.15, 0.2) is 34.7 Å². The maximum atomic E-state index is 4.36. The molecule has 5 nitrogen and oxygen atoms in total. The molecule has 2 aromatic rings. The van der Waals surface area contributed by atoms with Crippen molar-refractivity contribution in [2.24, 2.45) is 0 Å². The molecule has 0 fully saturated rings. The van der Waals surface area contributed by atoms with E-state index >= 15 is 0 Å². The van der Waals surface area contributed by atoms with Crippen molar-refractivity contribution in [1.29, 1.82) is 0 Å². The van der Waals surface area contributed by atoms with E-state index in [0.717, 1.165) is 28.2 Å². The normalized spacial score (nSPS) is 10.2. The van der Waals surface area contributed by atoms with Crippen molar-refractivity contribution < 1.29 is 0 Å². The van der Waals surface area contributed by atoms with E-state index in [-0.39, 0.29) is 0 Å². The number of aryl methyl sites for hydroxylation is 1. The number of nitrogens with zero attached hydrogens (tertiary/aromatic N) is 4. The largest absolute Gasteiger partial charge is 0.370 e. The monoisotopic (exact) mass is 247 g/mol. The maximum absolute atomic E-state index is 4.36. The lowest BCUT2D eigenvalue weighted by Crippen LogP contribution is -2.02. The van der Waals surface area contributed by atoms with Crippen molar-refractivity contribution in [3.8, 4) is 0 Å². The molecule has 1 N–H and O–H groups in total. The highest BCUT2D eigenvalue weighted by Gasteiger charge is 2.04. The van der Waals surface area contributed by atoms with E-state index in [2.05, 4.69) is 25.3 Å². The molecule has 0 aliphatic heterocycles. The fourth-order valence-corrected chi connectivity index (χ4v) is 2.10. The smallest absolute Gasteiger partial charge is 0.130 e. The molecule has 0 amide bonds. The second-order valence-corrected chi connectivity index (χ2v) is 4.36. The molecule has 0 aliphatic carbocycles. The quantitative estimate of drug-likeness (QED) is 0.835. The second kappa shape index (κ2) is 5.58. The van der Waals surface area contributed by atoms with Crippen LogP contribution in [0.2, 0.25) is 0 Å². The van der Waals surface area contributed by atoms with Gasteiger partial charge < -0.3 is 5.32 Å². The van der Waals surface area contributed by atoms with Gasteiger partial charge in [0, 0.05) is 25.0 Å². The van der Waals surface area contributed by atoms with Crippen LogP contribution in [0.4, 0.5) is 5.82 Å². The van der Waals surface area contributed by atoms with Crippen LogP contribution in [-0.2, 0) is 0 Å². The van der Waals surface area contributed by atoms with Crippen LogP contribution in [0.1, 0.15) is 12.7 Å². The van der Waals surface area contributed by atoms with Crippen LogP contribution in [0, 0.1) is 6.92 Å². The Balaban J connectivity index is 2.21. The highest BCUT2D eigenvalue weighted by molar-refractivity contribution is 7.99. The highest BCUT2D eigenvalue weighted by atomic mass is 32.2. The zero-order chi connectivity index (χ0) is 12.1. The third kappa shape index (κ3) is 3.39. The van der Waals surface area contributed by atoms with Gasteiger partial charge in [-0.25, -0.2) is 15.0 Å². The van der Waals surface area contributed by atoms with E-state index in [0.29, 0.717) is 0 Å². The first-order valence-corrected chi connectivity index (χ1v) is 6.13. The van der Waals surface area contributed by atoms with E-state index in [1.54, 1.807) is 18.6 Å². The van der Waals surface area contributed by atoms with Gasteiger partial charge in [0.1, 0.15) is 21.7 Å². The van der Waals surface area contributed by atoms with E-state index in [9.17, 15) is 0 Å². The van der Waals surface area contributed by atoms with Gasteiger partial charge in [0.15, 0.2) is 0 Å². The topological polar surface area (TPSA) is 63.6 Å². The van der Waals surface area contributed by atoms with Gasteiger partial charge in [-0.2, -0.15) is 0 Å². The van der Waals surface area contributed by atoms with Crippen molar-refractivity contribution in [1.82, 2.24) is 19.9 Å². The van der Waals surface area contributed by atoms with Gasteiger partial charge in [-0.15, -0.1) is 0 Å². The Labute approximate surface area is 104 Å². The molecule has 0 unspecified atom stereocenters. The van der Waals surface area contributed by atoms with Gasteiger partial charge in [-0.3, -0.25) is 4.98 Å². The number of hydrogen-bond donors (Lipinski definition) is 1. The standard InChI is InChI=1S/C11H13N5S/c1-3-13-9-6-10(16-8(2)15-9)17-11-7-12-4-5-14-11/h4-7H,3H2,1-2H3,(H,13,15,16). The molecule has 0 saturated carbocycles. The Kier molecular flexibility index (Phi) is 3.87. The first kappa shape index (κ1) is 11.8. The fourth-order valence-electron chi connectivity index (χ4n) is 1.31. The minimum atomic E-state index is 0.745. The van der Waals surface area contributed by atoms with Crippen molar-refractivity contribution in [3.63, 3.8) is 0 Å². The molecule has 0 aliphatic rings. The lowest BCUT2D eigenvalue weighted by Gasteiger charge is -2.05. The Morgan fingerprint density at radius 2 is 2.12 bits per heavy atom. The zero-order valence-corrected chi connectivity index (χ0v) is 10.5. The molecule has 0 spiro atoms. The molecule has 0 bridgehead atoms. The summed E-state index contributed by atoms with van der Waals surface area (Å²) >= 11 is 1.48. The number of hydrogen-bond acceptors (Lipinski definition) is 6. The van der Waals surface area contributed by atoms with Crippen molar-refractivity contribution >= 4 is 17.6 Å². The summed E-state index contributed by atoms with van der Waals surface area (Å²) in [5.74, 6) is 1.58. The van der Waals surface area contributed by atoms with Crippen molar-refractivity contribution in [2.75, 3.05) is 11.9 Å². The second-order valence-electron chi connectivity index (χ2n) is 3.31. The molecule has 2 heterocycles. The van der Waals surface area contributed by atoms with E-state index in [1.807, 2.05) is 19.9 Å². The van der Waals surface area contributed by atoms with E-state index in [4.69, 9.17) is 0 Å². The molecule has 88 valence electrons. The van der Waals surface area contributed by atoms with Gasteiger partial charge in [-0.1, -0.05) is 0 Å². The molecule has 0 atom stereocenters. The summed E-state index contributed by atoms with van der Waals surface area (Å²) < 4.78 is 0. The molecular formula is C11H13N5S. The summed E-state index contributed by atoms with van der Waals surface area (Å²) in [4.78, 5) is 16.9. The maximum Gasteiger partial charge on any atom is 0.130 e. The third-order valence-corrected chi connectivity index (χ3v) is 2.76. The summed E-state index contributed by atoms with van der Waals surface area (Å²) in [5.41, 5.74) is 0. The van der Waals surface area contributed by atoms with Gasteiger partial charge >= 0.3 is 0 Å². The number of anilines is 1. The molecule has 17 heavy (non-hydrogen) atoms. The predicted octanol–water partition coefficient (Wildman–Crippen LogP) is 2.16. The molecule has 0 aromatic carbocycles. The van der Waals surface area contributed by atoms with Crippen LogP contribution < -0.4 is 5.32 Å². The number of nitrogens with one attached hydrogen (secondary N) is 1. The minimum absolute atomic E-state index is 0.745. The lowest BCUT2D eigenvalue weighted by atomic mass is 10.5. The average Bonchev–Trinajstić information content (AvgIpc) is 2.30. The molecule has 2 aromatic heterocycles. The molecular weight excluding hydrogens is 234 g/mol. The van der Waals surface area contributed by atoms with Crippen molar-refractivity contribution in [3.05, 3.63) is 30.5 Å². The summed E-state index contributed by atoms with van der Waals surface area (Å²) in [6.07, 6.45) is 5.04. The summed E-state index contributed by atoms with van der Waals surface area (Å²) in [5, 5.41) is 4.87.